The van der Waals surface area contributed by atoms with Crippen LogP contribution in [0.15, 0.2) is 6.07 Å². The second-order valence-corrected chi connectivity index (χ2v) is 23.4. The van der Waals surface area contributed by atoms with Crippen LogP contribution in [-0.2, 0) is 4.74 Å². The van der Waals surface area contributed by atoms with Crippen molar-refractivity contribution in [1.29, 1.82) is 0 Å². The van der Waals surface area contributed by atoms with E-state index in [1.54, 1.807) is 0 Å². The maximum atomic E-state index is 13.1. The van der Waals surface area contributed by atoms with Crippen LogP contribution in [0.1, 0.15) is 63.0 Å². The van der Waals surface area contributed by atoms with Gasteiger partial charge in [-0.3, -0.25) is 0 Å². The molecule has 0 atom stereocenters. The molecule has 0 aromatic heterocycles. The Morgan fingerprint density at radius 2 is 1.16 bits per heavy atom. The number of ether oxygens (including phenoxy) is 1. The topological polar surface area (TPSA) is 44.8 Å². The van der Waals surface area contributed by atoms with Gasteiger partial charge in [0.15, 0.2) is 0 Å². The molecule has 1 aromatic carbocycles. The molecule has 4 nitrogen and oxygen atoms in total. The quantitative estimate of drug-likeness (QED) is 0.205. The molecule has 0 fully saturated rings. The third-order valence-electron chi connectivity index (χ3n) is 6.67. The number of carbonyl (C=O) groups is 1. The molecule has 32 heavy (non-hydrogen) atoms. The lowest BCUT2D eigenvalue weighted by Gasteiger charge is -2.39. The van der Waals surface area contributed by atoms with Crippen LogP contribution in [0.5, 0.6) is 11.5 Å². The van der Waals surface area contributed by atoms with E-state index in [0.29, 0.717) is 28.2 Å². The normalized spacial score (nSPS) is 13.7. The minimum atomic E-state index is -2.18. The van der Waals surface area contributed by atoms with Crippen LogP contribution in [0.25, 0.3) is 0 Å². The fourth-order valence-corrected chi connectivity index (χ4v) is 4.76. The number of esters is 1. The van der Waals surface area contributed by atoms with Crippen molar-refractivity contribution in [2.24, 2.45) is 0 Å². The lowest BCUT2D eigenvalue weighted by molar-refractivity contribution is 0.0509. The highest BCUT2D eigenvalue weighted by Crippen LogP contribution is 2.44. The van der Waals surface area contributed by atoms with Crippen LogP contribution in [-0.4, -0.2) is 33.0 Å². The monoisotopic (exact) mass is 540 g/mol. The maximum absolute atomic E-state index is 13.1. The molecule has 0 amide bonds. The SMILES string of the molecule is Cc1c(O[Si](C)(C)C(C)(C)C)cc(O[Si](C)(C)C(C)(C)C)c(C)c1C(=O)OCC(Cl)(Cl)Cl. The van der Waals surface area contributed by atoms with Gasteiger partial charge in [-0.05, 0) is 50.1 Å². The zero-order chi connectivity index (χ0) is 25.5. The maximum Gasteiger partial charge on any atom is 0.339 e. The summed E-state index contributed by atoms with van der Waals surface area (Å²) in [5.41, 5.74) is 1.79. The molecule has 0 radical (unpaired) electrons. The number of hydrogen-bond donors (Lipinski definition) is 0. The van der Waals surface area contributed by atoms with Gasteiger partial charge in [0.1, 0.15) is 18.1 Å². The molecule has 0 N–H and O–H groups in total. The number of halogens is 3. The summed E-state index contributed by atoms with van der Waals surface area (Å²) in [4.78, 5) is 13.1. The minimum absolute atomic E-state index is 0.0130. The average Bonchev–Trinajstić information content (AvgIpc) is 2.54. The minimum Gasteiger partial charge on any atom is -0.543 e. The van der Waals surface area contributed by atoms with Crippen LogP contribution in [0.3, 0.4) is 0 Å². The first kappa shape index (κ1) is 29.6. The lowest BCUT2D eigenvalue weighted by atomic mass is 10.0. The standard InChI is InChI=1S/C23H39Cl3O4Si2/c1-15-17(29-31(9,10)21(3,4)5)13-18(30-32(11,12)22(6,7)8)16(2)19(15)20(27)28-14-23(24,25)26/h13H,14H2,1-12H3. The number of carbonyl (C=O) groups excluding carboxylic acids is 1. The first-order chi connectivity index (χ1) is 14.0. The Morgan fingerprint density at radius 1 is 0.812 bits per heavy atom. The molecule has 9 heteroatoms. The Morgan fingerprint density at radius 3 is 1.44 bits per heavy atom. The summed E-state index contributed by atoms with van der Waals surface area (Å²) in [5.74, 6) is 0.709. The smallest absolute Gasteiger partial charge is 0.339 e. The molecule has 0 saturated carbocycles. The van der Waals surface area contributed by atoms with Crippen LogP contribution >= 0.6 is 34.8 Å². The van der Waals surface area contributed by atoms with E-state index in [1.165, 1.54) is 0 Å². The number of benzene rings is 1. The van der Waals surface area contributed by atoms with Gasteiger partial charge in [0.25, 0.3) is 0 Å². The molecular weight excluding hydrogens is 503 g/mol. The largest absolute Gasteiger partial charge is 0.543 e. The van der Waals surface area contributed by atoms with Crippen molar-refractivity contribution in [3.63, 3.8) is 0 Å². The van der Waals surface area contributed by atoms with Crippen molar-refractivity contribution in [3.8, 4) is 11.5 Å². The van der Waals surface area contributed by atoms with Gasteiger partial charge < -0.3 is 13.6 Å². The molecule has 0 bridgehead atoms. The Hall–Kier alpha value is -0.406. The zero-order valence-corrected chi connectivity index (χ0v) is 25.8. The van der Waals surface area contributed by atoms with E-state index in [9.17, 15) is 4.79 Å². The summed E-state index contributed by atoms with van der Waals surface area (Å²) < 4.78 is 16.9. The van der Waals surface area contributed by atoms with Crippen molar-refractivity contribution in [2.45, 2.75) is 95.4 Å². The summed E-state index contributed by atoms with van der Waals surface area (Å²) in [6.07, 6.45) is 0. The number of alkyl halides is 3. The summed E-state index contributed by atoms with van der Waals surface area (Å²) >= 11 is 17.4. The molecule has 0 unspecified atom stereocenters. The summed E-state index contributed by atoms with van der Waals surface area (Å²) in [6.45, 7) is 25.1. The molecule has 0 aliphatic heterocycles. The van der Waals surface area contributed by atoms with Gasteiger partial charge in [0.05, 0.1) is 5.56 Å². The van der Waals surface area contributed by atoms with Gasteiger partial charge in [-0.25, -0.2) is 4.79 Å². The molecule has 0 aliphatic rings. The first-order valence-electron chi connectivity index (χ1n) is 10.8. The Labute approximate surface area is 211 Å². The zero-order valence-electron chi connectivity index (χ0n) is 21.6. The molecule has 1 aromatic rings. The third-order valence-corrected chi connectivity index (χ3v) is 15.7. The fraction of sp³-hybridized carbons (Fsp3) is 0.696. The summed E-state index contributed by atoms with van der Waals surface area (Å²) in [7, 11) is -4.36. The van der Waals surface area contributed by atoms with Gasteiger partial charge in [-0.15, -0.1) is 0 Å². The molecule has 0 spiro atoms. The molecular formula is C23H39Cl3O4Si2. The van der Waals surface area contributed by atoms with Crippen LogP contribution in [0.4, 0.5) is 0 Å². The van der Waals surface area contributed by atoms with Gasteiger partial charge in [0, 0.05) is 17.2 Å². The second-order valence-electron chi connectivity index (χ2n) is 11.4. The van der Waals surface area contributed by atoms with Crippen molar-refractivity contribution in [2.75, 3.05) is 6.61 Å². The fourth-order valence-electron chi connectivity index (χ4n) is 2.46. The van der Waals surface area contributed by atoms with E-state index in [2.05, 4.69) is 67.7 Å². The average molecular weight is 542 g/mol. The highest BCUT2D eigenvalue weighted by atomic mass is 35.6. The Kier molecular flexibility index (Phi) is 8.97. The van der Waals surface area contributed by atoms with Gasteiger partial charge >= 0.3 is 5.97 Å². The van der Waals surface area contributed by atoms with Crippen molar-refractivity contribution >= 4 is 57.4 Å². The molecule has 0 aliphatic carbocycles. The van der Waals surface area contributed by atoms with Gasteiger partial charge in [-0.1, -0.05) is 76.3 Å². The highest BCUT2D eigenvalue weighted by molar-refractivity contribution is 6.75. The second kappa shape index (κ2) is 9.69. The van der Waals surface area contributed by atoms with E-state index >= 15 is 0 Å². The molecule has 1 rings (SSSR count). The predicted molar refractivity (Wildman–Crippen MR) is 142 cm³/mol. The van der Waals surface area contributed by atoms with E-state index in [-0.39, 0.29) is 16.7 Å². The van der Waals surface area contributed by atoms with E-state index in [4.69, 9.17) is 48.4 Å². The Balaban J connectivity index is 3.65. The van der Waals surface area contributed by atoms with E-state index in [0.717, 1.165) is 0 Å². The Bertz CT molecular complexity index is 797. The van der Waals surface area contributed by atoms with Crippen LogP contribution in [0, 0.1) is 13.8 Å². The van der Waals surface area contributed by atoms with Crippen LogP contribution < -0.4 is 8.85 Å². The molecule has 0 heterocycles. The van der Waals surface area contributed by atoms with Gasteiger partial charge in [0.2, 0.25) is 20.4 Å². The first-order valence-corrected chi connectivity index (χ1v) is 17.7. The van der Waals surface area contributed by atoms with Crippen molar-refractivity contribution < 1.29 is 18.4 Å². The van der Waals surface area contributed by atoms with Crippen molar-refractivity contribution in [3.05, 3.63) is 22.8 Å². The van der Waals surface area contributed by atoms with Gasteiger partial charge in [-0.2, -0.15) is 0 Å². The van der Waals surface area contributed by atoms with Crippen LogP contribution in [0.2, 0.25) is 36.3 Å². The van der Waals surface area contributed by atoms with Crippen molar-refractivity contribution in [1.82, 2.24) is 0 Å². The third kappa shape index (κ3) is 7.29. The molecule has 184 valence electrons. The summed E-state index contributed by atoms with van der Waals surface area (Å²) in [6, 6.07) is 1.93. The number of rotatable bonds is 6. The van der Waals surface area contributed by atoms with E-state index in [1.807, 2.05) is 19.9 Å². The summed E-state index contributed by atoms with van der Waals surface area (Å²) in [5, 5.41) is -0.0259. The van der Waals surface area contributed by atoms with E-state index < -0.39 is 26.4 Å². The highest BCUT2D eigenvalue weighted by Gasteiger charge is 2.42. The number of hydrogen-bond acceptors (Lipinski definition) is 4. The molecule has 0 saturated heterocycles. The predicted octanol–water partition coefficient (Wildman–Crippen LogP) is 8.60. The lowest BCUT2D eigenvalue weighted by Crippen LogP contribution is -2.45.